The molecule has 0 radical (unpaired) electrons. The van der Waals surface area contributed by atoms with E-state index < -0.39 is 12.1 Å². The van der Waals surface area contributed by atoms with Crippen molar-refractivity contribution in [2.24, 2.45) is 0 Å². The van der Waals surface area contributed by atoms with Gasteiger partial charge in [-0.3, -0.25) is 4.79 Å². The van der Waals surface area contributed by atoms with Crippen LogP contribution in [0.2, 0.25) is 0 Å². The molecule has 0 aliphatic rings. The minimum absolute atomic E-state index is 0.275. The Kier molecular flexibility index (Phi) is 6.60. The van der Waals surface area contributed by atoms with Crippen molar-refractivity contribution in [1.29, 1.82) is 0 Å². The van der Waals surface area contributed by atoms with Crippen LogP contribution in [0, 0.1) is 0 Å². The van der Waals surface area contributed by atoms with E-state index >= 15 is 0 Å². The van der Waals surface area contributed by atoms with E-state index in [1.165, 1.54) is 25.2 Å². The van der Waals surface area contributed by atoms with E-state index in [1.807, 2.05) is 30.3 Å². The maximum atomic E-state index is 12.4. The molecule has 1 amide bonds. The molecule has 0 spiro atoms. The molecule has 0 saturated heterocycles. The van der Waals surface area contributed by atoms with Gasteiger partial charge in [-0.1, -0.05) is 30.3 Å². The number of esters is 1. The summed E-state index contributed by atoms with van der Waals surface area (Å²) in [6.45, 7) is 2.00. The first kappa shape index (κ1) is 19.3. The predicted molar refractivity (Wildman–Crippen MR) is 97.3 cm³/mol. The number of amides is 1. The fourth-order valence-electron chi connectivity index (χ4n) is 2.49. The van der Waals surface area contributed by atoms with Crippen LogP contribution in [-0.4, -0.2) is 44.1 Å². The molecule has 0 aliphatic carbocycles. The largest absolute Gasteiger partial charge is 0.493 e. The van der Waals surface area contributed by atoms with Crippen LogP contribution in [0.4, 0.5) is 0 Å². The molecule has 0 saturated carbocycles. The van der Waals surface area contributed by atoms with Crippen molar-refractivity contribution in [2.45, 2.75) is 19.6 Å². The lowest BCUT2D eigenvalue weighted by atomic mass is 10.2. The molecule has 0 heterocycles. The van der Waals surface area contributed by atoms with E-state index in [4.69, 9.17) is 14.2 Å². The Morgan fingerprint density at radius 1 is 1.00 bits per heavy atom. The molecule has 0 fully saturated rings. The lowest BCUT2D eigenvalue weighted by Crippen LogP contribution is -2.37. The highest BCUT2D eigenvalue weighted by molar-refractivity contribution is 5.92. The summed E-state index contributed by atoms with van der Waals surface area (Å²) in [5.41, 5.74) is 1.29. The lowest BCUT2D eigenvalue weighted by molar-refractivity contribution is -0.139. The van der Waals surface area contributed by atoms with E-state index in [1.54, 1.807) is 26.1 Å². The third-order valence-corrected chi connectivity index (χ3v) is 3.89. The van der Waals surface area contributed by atoms with Gasteiger partial charge in [0, 0.05) is 13.6 Å². The highest BCUT2D eigenvalue weighted by Crippen LogP contribution is 2.28. The summed E-state index contributed by atoms with van der Waals surface area (Å²) in [6, 6.07) is 14.3. The summed E-state index contributed by atoms with van der Waals surface area (Å²) in [6.07, 6.45) is -0.899. The second kappa shape index (κ2) is 8.89. The van der Waals surface area contributed by atoms with E-state index in [0.29, 0.717) is 18.0 Å². The van der Waals surface area contributed by atoms with Crippen LogP contribution in [0.1, 0.15) is 22.8 Å². The number of methoxy groups -OCH3 is 2. The van der Waals surface area contributed by atoms with Crippen LogP contribution in [0.3, 0.4) is 0 Å². The van der Waals surface area contributed by atoms with E-state index in [2.05, 4.69) is 0 Å². The van der Waals surface area contributed by atoms with Gasteiger partial charge in [0.2, 0.25) is 0 Å². The molecule has 2 aromatic carbocycles. The van der Waals surface area contributed by atoms with Crippen LogP contribution in [-0.2, 0) is 16.1 Å². The zero-order chi connectivity index (χ0) is 19.1. The van der Waals surface area contributed by atoms with Crippen LogP contribution >= 0.6 is 0 Å². The standard InChI is InChI=1S/C20H23NO5/c1-14(19(22)21(2)13-15-8-6-5-7-9-15)26-20(23)16-10-11-17(24-3)18(12-16)25-4/h5-12,14H,13H2,1-4H3/t14-/m1/s1. The molecule has 0 aromatic heterocycles. The molecule has 2 rings (SSSR count). The smallest absolute Gasteiger partial charge is 0.339 e. The Bertz CT molecular complexity index is 760. The molecule has 138 valence electrons. The molecule has 6 heteroatoms. The molecular weight excluding hydrogens is 334 g/mol. The number of carbonyl (C=O) groups excluding carboxylic acids is 2. The van der Waals surface area contributed by atoms with Crippen molar-refractivity contribution in [1.82, 2.24) is 4.90 Å². The van der Waals surface area contributed by atoms with Gasteiger partial charge >= 0.3 is 5.97 Å². The van der Waals surface area contributed by atoms with Crippen molar-refractivity contribution in [3.05, 3.63) is 59.7 Å². The fourth-order valence-corrected chi connectivity index (χ4v) is 2.49. The van der Waals surface area contributed by atoms with Crippen molar-refractivity contribution in [3.63, 3.8) is 0 Å². The van der Waals surface area contributed by atoms with Gasteiger partial charge in [0.15, 0.2) is 17.6 Å². The number of nitrogens with zero attached hydrogens (tertiary/aromatic N) is 1. The average Bonchev–Trinajstić information content (AvgIpc) is 2.67. The summed E-state index contributed by atoms with van der Waals surface area (Å²) >= 11 is 0. The predicted octanol–water partition coefficient (Wildman–Crippen LogP) is 2.91. The summed E-state index contributed by atoms with van der Waals surface area (Å²) in [4.78, 5) is 26.3. The number of hydrogen-bond donors (Lipinski definition) is 0. The van der Waals surface area contributed by atoms with Gasteiger partial charge in [-0.15, -0.1) is 0 Å². The molecule has 26 heavy (non-hydrogen) atoms. The number of ether oxygens (including phenoxy) is 3. The highest BCUT2D eigenvalue weighted by Gasteiger charge is 2.23. The average molecular weight is 357 g/mol. The molecule has 0 aliphatic heterocycles. The third-order valence-electron chi connectivity index (χ3n) is 3.89. The molecular formula is C20H23NO5. The van der Waals surface area contributed by atoms with Gasteiger partial charge in [-0.2, -0.15) is 0 Å². The topological polar surface area (TPSA) is 65.1 Å². The number of likely N-dealkylation sites (N-methyl/N-ethyl adjacent to an activating group) is 1. The number of benzene rings is 2. The first-order chi connectivity index (χ1) is 12.5. The Labute approximate surface area is 153 Å². The van der Waals surface area contributed by atoms with Crippen LogP contribution in [0.5, 0.6) is 11.5 Å². The Morgan fingerprint density at radius 2 is 1.65 bits per heavy atom. The zero-order valence-electron chi connectivity index (χ0n) is 15.4. The van der Waals surface area contributed by atoms with Gasteiger partial charge in [0.1, 0.15) is 0 Å². The molecule has 0 bridgehead atoms. The summed E-state index contributed by atoms with van der Waals surface area (Å²) in [7, 11) is 4.67. The fraction of sp³-hybridized carbons (Fsp3) is 0.300. The van der Waals surface area contributed by atoms with Crippen molar-refractivity contribution < 1.29 is 23.8 Å². The first-order valence-corrected chi connectivity index (χ1v) is 8.18. The minimum atomic E-state index is -0.899. The highest BCUT2D eigenvalue weighted by atomic mass is 16.5. The first-order valence-electron chi connectivity index (χ1n) is 8.18. The summed E-state index contributed by atoms with van der Waals surface area (Å²) in [5.74, 6) is 0.0560. The van der Waals surface area contributed by atoms with Crippen LogP contribution in [0.15, 0.2) is 48.5 Å². The van der Waals surface area contributed by atoms with Crippen molar-refractivity contribution in [2.75, 3.05) is 21.3 Å². The van der Waals surface area contributed by atoms with Crippen molar-refractivity contribution in [3.8, 4) is 11.5 Å². The SMILES string of the molecule is COc1ccc(C(=O)O[C@H](C)C(=O)N(C)Cc2ccccc2)cc1OC. The summed E-state index contributed by atoms with van der Waals surface area (Å²) in [5, 5.41) is 0. The van der Waals surface area contributed by atoms with Crippen LogP contribution in [0.25, 0.3) is 0 Å². The maximum Gasteiger partial charge on any atom is 0.339 e. The monoisotopic (exact) mass is 357 g/mol. The second-order valence-electron chi connectivity index (χ2n) is 5.80. The van der Waals surface area contributed by atoms with Crippen molar-refractivity contribution >= 4 is 11.9 Å². The third kappa shape index (κ3) is 4.75. The number of carbonyl (C=O) groups is 2. The van der Waals surface area contributed by atoms with Gasteiger partial charge in [-0.05, 0) is 30.7 Å². The molecule has 2 aromatic rings. The zero-order valence-corrected chi connectivity index (χ0v) is 15.4. The van der Waals surface area contributed by atoms with Gasteiger partial charge < -0.3 is 19.1 Å². The van der Waals surface area contributed by atoms with Crippen LogP contribution < -0.4 is 9.47 Å². The molecule has 0 unspecified atom stereocenters. The maximum absolute atomic E-state index is 12.4. The van der Waals surface area contributed by atoms with E-state index in [-0.39, 0.29) is 11.5 Å². The van der Waals surface area contributed by atoms with Gasteiger partial charge in [-0.25, -0.2) is 4.79 Å². The molecule has 1 atom stereocenters. The van der Waals surface area contributed by atoms with E-state index in [0.717, 1.165) is 5.56 Å². The Morgan fingerprint density at radius 3 is 2.27 bits per heavy atom. The second-order valence-corrected chi connectivity index (χ2v) is 5.80. The Hall–Kier alpha value is -3.02. The summed E-state index contributed by atoms with van der Waals surface area (Å²) < 4.78 is 15.6. The van der Waals surface area contributed by atoms with E-state index in [9.17, 15) is 9.59 Å². The normalized spacial score (nSPS) is 11.4. The molecule has 0 N–H and O–H groups in total. The Balaban J connectivity index is 2.00. The lowest BCUT2D eigenvalue weighted by Gasteiger charge is -2.21. The minimum Gasteiger partial charge on any atom is -0.493 e. The number of rotatable bonds is 7. The van der Waals surface area contributed by atoms with Gasteiger partial charge in [0.05, 0.1) is 19.8 Å². The van der Waals surface area contributed by atoms with Gasteiger partial charge in [0.25, 0.3) is 5.91 Å². The molecule has 6 nitrogen and oxygen atoms in total. The number of hydrogen-bond acceptors (Lipinski definition) is 5. The quantitative estimate of drug-likeness (QED) is 0.713.